The lowest BCUT2D eigenvalue weighted by molar-refractivity contribution is 0.0809. The van der Waals surface area contributed by atoms with E-state index in [1.54, 1.807) is 55.4 Å². The molecule has 2 amide bonds. The van der Waals surface area contributed by atoms with Gasteiger partial charge >= 0.3 is 0 Å². The Morgan fingerprint density at radius 2 is 1.08 bits per heavy atom. The molecule has 4 N–H and O–H groups in total. The number of fused-ring (bicyclic) bond motifs is 2. The fourth-order valence-electron chi connectivity index (χ4n) is 6.41. The number of anilines is 5. The number of benzene rings is 2. The molecular weight excluding hydrogens is 913 g/mol. The minimum Gasteiger partial charge on any atom is -0.382 e. The first-order valence-electron chi connectivity index (χ1n) is 18.7. The second-order valence-electron chi connectivity index (χ2n) is 14.6. The molecule has 22 heteroatoms. The van der Waals surface area contributed by atoms with Gasteiger partial charge in [0.15, 0.2) is 19.7 Å². The maximum Gasteiger partial charge on any atom is 0.257 e. The molecule has 0 atom stereocenters. The summed E-state index contributed by atoms with van der Waals surface area (Å²) in [6.07, 6.45) is 2.63. The second kappa shape index (κ2) is 18.8. The van der Waals surface area contributed by atoms with Crippen molar-refractivity contribution in [3.05, 3.63) is 133 Å². The molecule has 0 spiro atoms. The number of nitrogens with one attached hydrogen (secondary N) is 2. The lowest BCUT2D eigenvalue weighted by Crippen LogP contribution is -2.18. The molecule has 0 unspecified atom stereocenters. The third-order valence-corrected chi connectivity index (χ3v) is 12.3. The lowest BCUT2D eigenvalue weighted by Gasteiger charge is -2.15. The Morgan fingerprint density at radius 3 is 1.52 bits per heavy atom. The molecule has 0 saturated heterocycles. The monoisotopic (exact) mass is 951 g/mol. The van der Waals surface area contributed by atoms with Crippen molar-refractivity contribution in [3.8, 4) is 0 Å². The van der Waals surface area contributed by atoms with Gasteiger partial charge in [-0.3, -0.25) is 14.6 Å². The summed E-state index contributed by atoms with van der Waals surface area (Å²) < 4.78 is 48.6. The molecule has 6 heterocycles. The molecule has 63 heavy (non-hydrogen) atoms. The maximum absolute atomic E-state index is 12.7. The number of hydrogen-bond acceptors (Lipinski definition) is 15. The Labute approximate surface area is 378 Å². The summed E-state index contributed by atoms with van der Waals surface area (Å²) in [6, 6.07) is 19.6. The number of halogens is 3. The number of nitrogens with two attached hydrogens (primary N) is 1. The second-order valence-corrected chi connectivity index (χ2v) is 19.9. The van der Waals surface area contributed by atoms with Gasteiger partial charge in [-0.25, -0.2) is 21.8 Å². The smallest absolute Gasteiger partial charge is 0.257 e. The lowest BCUT2D eigenvalue weighted by atomic mass is 10.1. The van der Waals surface area contributed by atoms with Gasteiger partial charge in [0.2, 0.25) is 0 Å². The molecule has 0 aliphatic carbocycles. The summed E-state index contributed by atoms with van der Waals surface area (Å²) in [4.78, 5) is 37.0. The Balaban J connectivity index is 0.000000182. The highest BCUT2D eigenvalue weighted by molar-refractivity contribution is 7.91. The maximum atomic E-state index is 12.7. The Kier molecular flexibility index (Phi) is 13.9. The van der Waals surface area contributed by atoms with E-state index in [-0.39, 0.29) is 26.8 Å². The molecule has 8 rings (SSSR count). The van der Waals surface area contributed by atoms with E-state index in [0.29, 0.717) is 86.3 Å². The van der Waals surface area contributed by atoms with Gasteiger partial charge in [0.25, 0.3) is 11.8 Å². The summed E-state index contributed by atoms with van der Waals surface area (Å²) in [5.41, 5.74) is 11.9. The molecule has 2 aromatic carbocycles. The topological polar surface area (TPSA) is 236 Å². The van der Waals surface area contributed by atoms with Crippen molar-refractivity contribution in [1.29, 1.82) is 0 Å². The standard InChI is InChI=1S/C21H20ClN5O3S.C15H13Cl2N3O3S.C5H7N3/c1-12-4-6-14(26-25-12)9-15-10-17(20-18(23-15)11-27(2)21(20)28)24-16-7-5-13(22)8-19(16)31(3,29)30;1-20-7-11-14(15(20)21)10(6-13(17)19-11)18-9-4-3-8(16)5-12(9)24(2,22)23;1-4-2-3-5(6)8-7-4/h4-8,10H,9,11H2,1-3H3,(H,23,24);3-6H,7H2,1-2H3,(H,18,19);2-3H,1H3,(H2,6,8). The number of aryl methyl sites for hydroxylation is 2. The fraction of sp³-hybridized carbons (Fsp3) is 0.220. The quantitative estimate of drug-likeness (QED) is 0.136. The van der Waals surface area contributed by atoms with Crippen molar-refractivity contribution in [2.75, 3.05) is 43.0 Å². The number of amides is 2. The third kappa shape index (κ3) is 11.3. The number of carbonyl (C=O) groups is 2. The van der Waals surface area contributed by atoms with Crippen molar-refractivity contribution >= 4 is 94.9 Å². The molecule has 328 valence electrons. The van der Waals surface area contributed by atoms with Gasteiger partial charge in [0, 0.05) is 48.8 Å². The van der Waals surface area contributed by atoms with Crippen molar-refractivity contribution in [2.45, 2.75) is 43.1 Å². The van der Waals surface area contributed by atoms with Crippen LogP contribution in [0, 0.1) is 13.8 Å². The van der Waals surface area contributed by atoms with Gasteiger partial charge in [0.1, 0.15) is 11.0 Å². The van der Waals surface area contributed by atoms with Crippen LogP contribution in [0.2, 0.25) is 15.2 Å². The van der Waals surface area contributed by atoms with Crippen molar-refractivity contribution in [3.63, 3.8) is 0 Å². The van der Waals surface area contributed by atoms with E-state index in [0.717, 1.165) is 29.6 Å². The molecule has 0 bridgehead atoms. The van der Waals surface area contributed by atoms with Gasteiger partial charge in [-0.15, -0.1) is 5.10 Å². The molecule has 0 radical (unpaired) electrons. The Morgan fingerprint density at radius 1 is 0.603 bits per heavy atom. The third-order valence-electron chi connectivity index (χ3n) is 9.36. The zero-order valence-electron chi connectivity index (χ0n) is 34.6. The Bertz CT molecular complexity index is 2960. The number of hydrogen-bond donors (Lipinski definition) is 3. The number of aromatic nitrogens is 6. The highest BCUT2D eigenvalue weighted by Gasteiger charge is 2.32. The number of carbonyl (C=O) groups excluding carboxylic acids is 2. The molecule has 4 aromatic heterocycles. The summed E-state index contributed by atoms with van der Waals surface area (Å²) in [5.74, 6) is 0.0867. The van der Waals surface area contributed by atoms with Crippen LogP contribution in [0.15, 0.2) is 82.6 Å². The van der Waals surface area contributed by atoms with E-state index < -0.39 is 19.7 Å². The van der Waals surface area contributed by atoms with E-state index >= 15 is 0 Å². The first kappa shape index (κ1) is 46.5. The SMILES string of the molecule is CN1Cc2nc(Cl)cc(Nc3ccc(Cl)cc3S(C)(=O)=O)c2C1=O.Cc1ccc(Cc2cc(Nc3ccc(Cl)cc3S(C)(=O)=O)c3c(n2)CN(C)C3=O)nn1.Cc1ccc(N)nn1. The molecule has 6 aromatic rings. The van der Waals surface area contributed by atoms with Crippen LogP contribution in [-0.4, -0.2) is 95.4 Å². The van der Waals surface area contributed by atoms with Gasteiger partial charge < -0.3 is 26.2 Å². The van der Waals surface area contributed by atoms with Crippen LogP contribution in [0.25, 0.3) is 0 Å². The number of sulfone groups is 2. The molecule has 17 nitrogen and oxygen atoms in total. The van der Waals surface area contributed by atoms with Crippen LogP contribution in [0.5, 0.6) is 0 Å². The predicted molar refractivity (Wildman–Crippen MR) is 242 cm³/mol. The van der Waals surface area contributed by atoms with Gasteiger partial charge in [-0.2, -0.15) is 15.3 Å². The molecule has 2 aliphatic heterocycles. The van der Waals surface area contributed by atoms with Gasteiger partial charge in [-0.1, -0.05) is 34.8 Å². The average molecular weight is 953 g/mol. The number of nitrogen functional groups attached to an aromatic ring is 1. The summed E-state index contributed by atoms with van der Waals surface area (Å²) in [7, 11) is -3.71. The van der Waals surface area contributed by atoms with Crippen molar-refractivity contribution in [2.24, 2.45) is 0 Å². The van der Waals surface area contributed by atoms with E-state index in [4.69, 9.17) is 40.5 Å². The predicted octanol–water partition coefficient (Wildman–Crippen LogP) is 6.65. The normalized spacial score (nSPS) is 13.1. The van der Waals surface area contributed by atoms with E-state index in [1.807, 2.05) is 32.0 Å². The fourth-order valence-corrected chi connectivity index (χ4v) is 8.81. The number of nitrogens with zero attached hydrogens (tertiary/aromatic N) is 8. The first-order chi connectivity index (χ1) is 29.6. The Hall–Kier alpha value is -5.99. The van der Waals surface area contributed by atoms with Crippen LogP contribution in [-0.2, 0) is 39.2 Å². The van der Waals surface area contributed by atoms with Crippen LogP contribution in [0.3, 0.4) is 0 Å². The van der Waals surface area contributed by atoms with Crippen LogP contribution < -0.4 is 16.4 Å². The minimum absolute atomic E-state index is 0.0375. The number of pyridine rings is 2. The highest BCUT2D eigenvalue weighted by Crippen LogP contribution is 2.36. The van der Waals surface area contributed by atoms with E-state index in [1.165, 1.54) is 23.1 Å². The summed E-state index contributed by atoms with van der Waals surface area (Å²) >= 11 is 17.9. The van der Waals surface area contributed by atoms with Crippen LogP contribution >= 0.6 is 34.8 Å². The van der Waals surface area contributed by atoms with Gasteiger partial charge in [-0.05, 0) is 86.6 Å². The summed E-state index contributed by atoms with van der Waals surface area (Å²) in [5, 5.41) is 22.5. The average Bonchev–Trinajstić information content (AvgIpc) is 3.66. The molecule has 0 fully saturated rings. The number of rotatable bonds is 8. The van der Waals surface area contributed by atoms with Crippen LogP contribution in [0.1, 0.15) is 54.9 Å². The molecule has 2 aliphatic rings. The zero-order chi connectivity index (χ0) is 46.0. The first-order valence-corrected chi connectivity index (χ1v) is 23.6. The summed E-state index contributed by atoms with van der Waals surface area (Å²) in [6.45, 7) is 4.45. The largest absolute Gasteiger partial charge is 0.382 e. The van der Waals surface area contributed by atoms with E-state index in [9.17, 15) is 26.4 Å². The van der Waals surface area contributed by atoms with Crippen LogP contribution in [0.4, 0.5) is 28.6 Å². The van der Waals surface area contributed by atoms with Gasteiger partial charge in [0.05, 0.1) is 85.2 Å². The van der Waals surface area contributed by atoms with E-state index in [2.05, 4.69) is 41.0 Å². The van der Waals surface area contributed by atoms with Crippen molar-refractivity contribution < 1.29 is 26.4 Å². The minimum atomic E-state index is -3.55. The zero-order valence-corrected chi connectivity index (χ0v) is 38.5. The highest BCUT2D eigenvalue weighted by atomic mass is 35.5. The molecule has 0 saturated carbocycles. The van der Waals surface area contributed by atoms with Crippen molar-refractivity contribution in [1.82, 2.24) is 40.2 Å². The molecular formula is C41H40Cl3N11O6S2.